The molecule has 0 bridgehead atoms. The molecule has 2 heterocycles. The SMILES string of the molecule is CCN(C(=O)N1CCSCC1C(=O)O)C1CCNCC1. The highest BCUT2D eigenvalue weighted by molar-refractivity contribution is 7.99. The van der Waals surface area contributed by atoms with Gasteiger partial charge in [0.2, 0.25) is 0 Å². The van der Waals surface area contributed by atoms with E-state index in [1.54, 1.807) is 16.7 Å². The van der Waals surface area contributed by atoms with Crippen LogP contribution in [0.25, 0.3) is 0 Å². The summed E-state index contributed by atoms with van der Waals surface area (Å²) in [6.45, 7) is 4.98. The highest BCUT2D eigenvalue weighted by Gasteiger charge is 2.36. The molecule has 0 aromatic carbocycles. The summed E-state index contributed by atoms with van der Waals surface area (Å²) < 4.78 is 0. The molecule has 0 saturated carbocycles. The molecule has 0 aromatic rings. The van der Waals surface area contributed by atoms with E-state index in [0.29, 0.717) is 18.8 Å². The Hall–Kier alpha value is -0.950. The van der Waals surface area contributed by atoms with Gasteiger partial charge in [0.1, 0.15) is 6.04 Å². The molecule has 114 valence electrons. The zero-order chi connectivity index (χ0) is 14.5. The third-order valence-corrected chi connectivity index (χ3v) is 5.02. The lowest BCUT2D eigenvalue weighted by atomic mass is 10.1. The Labute approximate surface area is 123 Å². The molecule has 2 N–H and O–H groups in total. The first kappa shape index (κ1) is 15.4. The van der Waals surface area contributed by atoms with E-state index in [1.165, 1.54) is 0 Å². The summed E-state index contributed by atoms with van der Waals surface area (Å²) >= 11 is 1.60. The van der Waals surface area contributed by atoms with Crippen molar-refractivity contribution < 1.29 is 14.7 Å². The first-order valence-corrected chi connectivity index (χ1v) is 8.39. The van der Waals surface area contributed by atoms with E-state index < -0.39 is 12.0 Å². The van der Waals surface area contributed by atoms with Crippen molar-refractivity contribution in [2.24, 2.45) is 0 Å². The molecule has 0 radical (unpaired) electrons. The number of carboxylic acid groups (broad SMARTS) is 1. The minimum absolute atomic E-state index is 0.105. The molecule has 2 saturated heterocycles. The van der Waals surface area contributed by atoms with Crippen molar-refractivity contribution in [1.82, 2.24) is 15.1 Å². The monoisotopic (exact) mass is 301 g/mol. The number of urea groups is 1. The van der Waals surface area contributed by atoms with Crippen LogP contribution in [-0.2, 0) is 4.79 Å². The van der Waals surface area contributed by atoms with Crippen molar-refractivity contribution >= 4 is 23.8 Å². The maximum absolute atomic E-state index is 12.7. The molecule has 20 heavy (non-hydrogen) atoms. The Morgan fingerprint density at radius 3 is 2.70 bits per heavy atom. The maximum Gasteiger partial charge on any atom is 0.327 e. The number of thioether (sulfide) groups is 1. The average Bonchev–Trinajstić information content (AvgIpc) is 2.49. The Bertz CT molecular complexity index is 361. The van der Waals surface area contributed by atoms with Gasteiger partial charge in [-0.1, -0.05) is 0 Å². The standard InChI is InChI=1S/C13H23N3O3S/c1-2-15(10-3-5-14-6-4-10)13(19)16-7-8-20-9-11(16)12(17)18/h10-11,14H,2-9H2,1H3,(H,17,18). The van der Waals surface area contributed by atoms with Crippen molar-refractivity contribution in [2.75, 3.05) is 37.7 Å². The second-order valence-corrected chi connectivity index (χ2v) is 6.32. The fourth-order valence-electron chi connectivity index (χ4n) is 2.87. The normalized spacial score (nSPS) is 24.4. The highest BCUT2D eigenvalue weighted by Crippen LogP contribution is 2.21. The largest absolute Gasteiger partial charge is 0.480 e. The highest BCUT2D eigenvalue weighted by atomic mass is 32.2. The fraction of sp³-hybridized carbons (Fsp3) is 0.846. The van der Waals surface area contributed by atoms with Gasteiger partial charge in [-0.25, -0.2) is 9.59 Å². The predicted octanol–water partition coefficient (Wildman–Crippen LogP) is 0.682. The van der Waals surface area contributed by atoms with Crippen molar-refractivity contribution in [3.8, 4) is 0 Å². The molecule has 2 rings (SSSR count). The van der Waals surface area contributed by atoms with Crippen LogP contribution in [0.1, 0.15) is 19.8 Å². The van der Waals surface area contributed by atoms with Gasteiger partial charge in [-0.15, -0.1) is 0 Å². The Morgan fingerprint density at radius 1 is 1.40 bits per heavy atom. The molecule has 0 aliphatic carbocycles. The minimum Gasteiger partial charge on any atom is -0.480 e. The lowest BCUT2D eigenvalue weighted by molar-refractivity contribution is -0.141. The number of hydrogen-bond donors (Lipinski definition) is 2. The Morgan fingerprint density at radius 2 is 2.10 bits per heavy atom. The zero-order valence-electron chi connectivity index (χ0n) is 11.9. The number of nitrogens with zero attached hydrogens (tertiary/aromatic N) is 2. The summed E-state index contributed by atoms with van der Waals surface area (Å²) in [5, 5.41) is 12.6. The van der Waals surface area contributed by atoms with Gasteiger partial charge in [0.05, 0.1) is 0 Å². The third kappa shape index (κ3) is 3.38. The summed E-state index contributed by atoms with van der Waals surface area (Å²) in [4.78, 5) is 27.4. The van der Waals surface area contributed by atoms with Crippen LogP contribution in [0.3, 0.4) is 0 Å². The number of rotatable bonds is 3. The summed E-state index contributed by atoms with van der Waals surface area (Å²) in [6.07, 6.45) is 1.89. The van der Waals surface area contributed by atoms with Gasteiger partial charge in [-0.3, -0.25) is 0 Å². The second kappa shape index (κ2) is 7.17. The molecule has 2 fully saturated rings. The van der Waals surface area contributed by atoms with E-state index in [1.807, 2.05) is 11.8 Å². The van der Waals surface area contributed by atoms with Gasteiger partial charge in [0.25, 0.3) is 0 Å². The van der Waals surface area contributed by atoms with E-state index in [0.717, 1.165) is 31.7 Å². The number of hydrogen-bond acceptors (Lipinski definition) is 4. The van der Waals surface area contributed by atoms with Gasteiger partial charge in [0, 0.05) is 30.6 Å². The predicted molar refractivity (Wildman–Crippen MR) is 79.1 cm³/mol. The van der Waals surface area contributed by atoms with Crippen LogP contribution in [0.15, 0.2) is 0 Å². The third-order valence-electron chi connectivity index (χ3n) is 4.00. The average molecular weight is 301 g/mol. The van der Waals surface area contributed by atoms with Gasteiger partial charge in [0.15, 0.2) is 0 Å². The van der Waals surface area contributed by atoms with Crippen LogP contribution in [0.4, 0.5) is 4.79 Å². The molecule has 1 unspecified atom stereocenters. The molecule has 7 heteroatoms. The van der Waals surface area contributed by atoms with Crippen LogP contribution >= 0.6 is 11.8 Å². The second-order valence-electron chi connectivity index (χ2n) is 5.17. The quantitative estimate of drug-likeness (QED) is 0.802. The van der Waals surface area contributed by atoms with Gasteiger partial charge in [-0.2, -0.15) is 11.8 Å². The molecule has 0 spiro atoms. The molecule has 2 amide bonds. The molecule has 2 aliphatic heterocycles. The van der Waals surface area contributed by atoms with E-state index in [2.05, 4.69) is 5.32 Å². The summed E-state index contributed by atoms with van der Waals surface area (Å²) in [6, 6.07) is -0.554. The summed E-state index contributed by atoms with van der Waals surface area (Å²) in [5.74, 6) is 0.413. The van der Waals surface area contributed by atoms with Crippen LogP contribution in [0, 0.1) is 0 Å². The summed E-state index contributed by atoms with van der Waals surface area (Å²) in [5.41, 5.74) is 0. The molecule has 6 nitrogen and oxygen atoms in total. The van der Waals surface area contributed by atoms with Crippen molar-refractivity contribution in [1.29, 1.82) is 0 Å². The molecule has 2 aliphatic rings. The molecular formula is C13H23N3O3S. The van der Waals surface area contributed by atoms with Gasteiger partial charge >= 0.3 is 12.0 Å². The van der Waals surface area contributed by atoms with E-state index in [4.69, 9.17) is 0 Å². The van der Waals surface area contributed by atoms with E-state index in [9.17, 15) is 14.7 Å². The van der Waals surface area contributed by atoms with Gasteiger partial charge in [-0.05, 0) is 32.9 Å². The van der Waals surface area contributed by atoms with Crippen LogP contribution in [0.5, 0.6) is 0 Å². The van der Waals surface area contributed by atoms with Gasteiger partial charge < -0.3 is 20.2 Å². The first-order valence-electron chi connectivity index (χ1n) is 7.23. The number of amides is 2. The van der Waals surface area contributed by atoms with E-state index >= 15 is 0 Å². The zero-order valence-corrected chi connectivity index (χ0v) is 12.7. The molecule has 1 atom stereocenters. The Kier molecular flexibility index (Phi) is 5.54. The van der Waals surface area contributed by atoms with Crippen LogP contribution in [0.2, 0.25) is 0 Å². The number of carbonyl (C=O) groups is 2. The number of carbonyl (C=O) groups excluding carboxylic acids is 1. The Balaban J connectivity index is 2.07. The number of piperidine rings is 1. The van der Waals surface area contributed by atoms with E-state index in [-0.39, 0.29) is 12.1 Å². The fourth-order valence-corrected chi connectivity index (χ4v) is 3.91. The smallest absolute Gasteiger partial charge is 0.327 e. The van der Waals surface area contributed by atoms with Crippen molar-refractivity contribution in [3.05, 3.63) is 0 Å². The number of nitrogens with one attached hydrogen (secondary N) is 1. The number of aliphatic carboxylic acids is 1. The van der Waals surface area contributed by atoms with Crippen LogP contribution < -0.4 is 5.32 Å². The van der Waals surface area contributed by atoms with Crippen molar-refractivity contribution in [3.63, 3.8) is 0 Å². The molecule has 0 aromatic heterocycles. The maximum atomic E-state index is 12.7. The van der Waals surface area contributed by atoms with Crippen LogP contribution in [-0.4, -0.2) is 76.7 Å². The topological polar surface area (TPSA) is 72.9 Å². The summed E-state index contributed by atoms with van der Waals surface area (Å²) in [7, 11) is 0. The number of carboxylic acids is 1. The lowest BCUT2D eigenvalue weighted by Crippen LogP contribution is -2.57. The first-order chi connectivity index (χ1) is 9.65. The molecular weight excluding hydrogens is 278 g/mol. The lowest BCUT2D eigenvalue weighted by Gasteiger charge is -2.40. The van der Waals surface area contributed by atoms with Crippen molar-refractivity contribution in [2.45, 2.75) is 31.8 Å². The minimum atomic E-state index is -0.896.